The monoisotopic (exact) mass is 180 g/mol. The van der Waals surface area contributed by atoms with Crippen molar-refractivity contribution in [1.82, 2.24) is 0 Å². The Morgan fingerprint density at radius 1 is 1.46 bits per heavy atom. The van der Waals surface area contributed by atoms with Crippen molar-refractivity contribution in [3.05, 3.63) is 29.3 Å². The van der Waals surface area contributed by atoms with Crippen molar-refractivity contribution in [2.24, 2.45) is 11.5 Å². The van der Waals surface area contributed by atoms with Crippen LogP contribution in [0, 0.1) is 6.92 Å². The minimum atomic E-state index is -0.162. The molecule has 0 aliphatic rings. The van der Waals surface area contributed by atoms with Gasteiger partial charge in [0.15, 0.2) is 0 Å². The second kappa shape index (κ2) is 4.25. The van der Waals surface area contributed by atoms with Crippen molar-refractivity contribution in [3.8, 4) is 5.75 Å². The number of nitrogens with two attached hydrogens (primary N) is 2. The van der Waals surface area contributed by atoms with E-state index < -0.39 is 0 Å². The van der Waals surface area contributed by atoms with Crippen molar-refractivity contribution in [1.29, 1.82) is 0 Å². The summed E-state index contributed by atoms with van der Waals surface area (Å²) < 4.78 is 0. The summed E-state index contributed by atoms with van der Waals surface area (Å²) in [6.07, 6.45) is 0.691. The van der Waals surface area contributed by atoms with Crippen LogP contribution < -0.4 is 11.5 Å². The van der Waals surface area contributed by atoms with Gasteiger partial charge in [-0.3, -0.25) is 0 Å². The first kappa shape index (κ1) is 10.0. The largest absolute Gasteiger partial charge is 0.507 e. The predicted octanol–water partition coefficient (Wildman–Crippen LogP) is 1.05. The summed E-state index contributed by atoms with van der Waals surface area (Å²) in [4.78, 5) is 0. The third-order valence-electron chi connectivity index (χ3n) is 2.15. The zero-order valence-electron chi connectivity index (χ0n) is 7.83. The summed E-state index contributed by atoms with van der Waals surface area (Å²) in [6.45, 7) is 2.39. The molecule has 0 aromatic heterocycles. The Bertz CT molecular complexity index is 286. The summed E-state index contributed by atoms with van der Waals surface area (Å²) in [5, 5.41) is 9.67. The van der Waals surface area contributed by atoms with Crippen LogP contribution in [0.25, 0.3) is 0 Å². The lowest BCUT2D eigenvalue weighted by molar-refractivity contribution is 0.455. The van der Waals surface area contributed by atoms with Crippen LogP contribution in [-0.2, 0) is 0 Å². The highest BCUT2D eigenvalue weighted by molar-refractivity contribution is 5.41. The smallest absolute Gasteiger partial charge is 0.123 e. The van der Waals surface area contributed by atoms with Crippen LogP contribution in [0.4, 0.5) is 0 Å². The Morgan fingerprint density at radius 3 is 2.77 bits per heavy atom. The van der Waals surface area contributed by atoms with Gasteiger partial charge >= 0.3 is 0 Å². The molecule has 0 saturated heterocycles. The van der Waals surface area contributed by atoms with E-state index in [0.717, 1.165) is 11.1 Å². The number of aromatic hydroxyl groups is 1. The van der Waals surface area contributed by atoms with E-state index in [1.165, 1.54) is 0 Å². The molecule has 13 heavy (non-hydrogen) atoms. The summed E-state index contributed by atoms with van der Waals surface area (Å²) in [6, 6.07) is 5.42. The maximum Gasteiger partial charge on any atom is 0.123 e. The number of hydrogen-bond donors (Lipinski definition) is 3. The van der Waals surface area contributed by atoms with E-state index in [-0.39, 0.29) is 6.04 Å². The fourth-order valence-electron chi connectivity index (χ4n) is 1.32. The quantitative estimate of drug-likeness (QED) is 0.651. The van der Waals surface area contributed by atoms with Crippen molar-refractivity contribution in [2.75, 3.05) is 6.54 Å². The van der Waals surface area contributed by atoms with Crippen LogP contribution in [-0.4, -0.2) is 11.7 Å². The fraction of sp³-hybridized carbons (Fsp3) is 0.400. The zero-order chi connectivity index (χ0) is 9.84. The molecule has 5 N–H and O–H groups in total. The first-order valence-electron chi connectivity index (χ1n) is 4.41. The zero-order valence-corrected chi connectivity index (χ0v) is 7.83. The molecule has 0 fully saturated rings. The molecule has 1 aromatic carbocycles. The molecule has 3 heteroatoms. The molecule has 0 aliphatic heterocycles. The van der Waals surface area contributed by atoms with Gasteiger partial charge in [-0.1, -0.05) is 18.2 Å². The number of benzene rings is 1. The number of para-hydroxylation sites is 1. The summed E-state index contributed by atoms with van der Waals surface area (Å²) in [5.41, 5.74) is 12.9. The van der Waals surface area contributed by atoms with E-state index in [1.807, 2.05) is 25.1 Å². The molecule has 0 spiro atoms. The molecule has 1 unspecified atom stereocenters. The number of hydrogen-bond acceptors (Lipinski definition) is 3. The van der Waals surface area contributed by atoms with E-state index in [4.69, 9.17) is 11.5 Å². The summed E-state index contributed by atoms with van der Waals surface area (Å²) in [5.74, 6) is 0.295. The van der Waals surface area contributed by atoms with E-state index in [9.17, 15) is 5.11 Å². The topological polar surface area (TPSA) is 72.3 Å². The number of rotatable bonds is 3. The molecular weight excluding hydrogens is 164 g/mol. The maximum atomic E-state index is 9.67. The van der Waals surface area contributed by atoms with Crippen molar-refractivity contribution < 1.29 is 5.11 Å². The van der Waals surface area contributed by atoms with Crippen molar-refractivity contribution in [3.63, 3.8) is 0 Å². The number of phenolic OH excluding ortho intramolecular Hbond substituents is 1. The first-order valence-corrected chi connectivity index (χ1v) is 4.41. The second-order valence-electron chi connectivity index (χ2n) is 3.20. The Hall–Kier alpha value is -1.06. The second-order valence-corrected chi connectivity index (χ2v) is 3.20. The predicted molar refractivity (Wildman–Crippen MR) is 53.4 cm³/mol. The van der Waals surface area contributed by atoms with Gasteiger partial charge in [-0.25, -0.2) is 0 Å². The molecule has 0 aliphatic carbocycles. The molecule has 0 saturated carbocycles. The third-order valence-corrected chi connectivity index (χ3v) is 2.15. The van der Waals surface area contributed by atoms with E-state index in [0.29, 0.717) is 18.7 Å². The van der Waals surface area contributed by atoms with E-state index >= 15 is 0 Å². The van der Waals surface area contributed by atoms with Gasteiger partial charge in [0.25, 0.3) is 0 Å². The highest BCUT2D eigenvalue weighted by Gasteiger charge is 2.10. The molecule has 1 atom stereocenters. The van der Waals surface area contributed by atoms with E-state index in [1.54, 1.807) is 0 Å². The Balaban J connectivity index is 2.93. The lowest BCUT2D eigenvalue weighted by atomic mass is 10.0. The summed E-state index contributed by atoms with van der Waals surface area (Å²) in [7, 11) is 0. The number of phenols is 1. The van der Waals surface area contributed by atoms with Gasteiger partial charge in [-0.2, -0.15) is 0 Å². The SMILES string of the molecule is Cc1cccc(C(N)CCN)c1O. The van der Waals surface area contributed by atoms with Crippen LogP contribution >= 0.6 is 0 Å². The average molecular weight is 180 g/mol. The normalized spacial score (nSPS) is 12.8. The molecule has 3 nitrogen and oxygen atoms in total. The van der Waals surface area contributed by atoms with Crippen LogP contribution in [0.2, 0.25) is 0 Å². The minimum Gasteiger partial charge on any atom is -0.507 e. The molecule has 0 heterocycles. The van der Waals surface area contributed by atoms with Crippen LogP contribution in [0.3, 0.4) is 0 Å². The molecular formula is C10H16N2O. The lowest BCUT2D eigenvalue weighted by Gasteiger charge is -2.13. The molecule has 0 amide bonds. The Labute approximate surface area is 78.4 Å². The Morgan fingerprint density at radius 2 is 2.15 bits per heavy atom. The molecule has 72 valence electrons. The molecule has 0 radical (unpaired) electrons. The maximum absolute atomic E-state index is 9.67. The van der Waals surface area contributed by atoms with Crippen LogP contribution in [0.15, 0.2) is 18.2 Å². The third kappa shape index (κ3) is 2.20. The van der Waals surface area contributed by atoms with Gasteiger partial charge in [0.2, 0.25) is 0 Å². The highest BCUT2D eigenvalue weighted by atomic mass is 16.3. The van der Waals surface area contributed by atoms with Gasteiger partial charge in [0.1, 0.15) is 5.75 Å². The summed E-state index contributed by atoms with van der Waals surface area (Å²) >= 11 is 0. The lowest BCUT2D eigenvalue weighted by Crippen LogP contribution is -2.15. The van der Waals surface area contributed by atoms with Gasteiger partial charge < -0.3 is 16.6 Å². The standard InChI is InChI=1S/C10H16N2O/c1-7-3-2-4-8(10(7)13)9(12)5-6-11/h2-4,9,13H,5-6,11-12H2,1H3. The van der Waals surface area contributed by atoms with Crippen LogP contribution in [0.1, 0.15) is 23.6 Å². The first-order chi connectivity index (χ1) is 6.16. The van der Waals surface area contributed by atoms with Gasteiger partial charge in [0, 0.05) is 11.6 Å². The molecule has 1 aromatic rings. The fourth-order valence-corrected chi connectivity index (χ4v) is 1.32. The number of aryl methyl sites for hydroxylation is 1. The molecule has 1 rings (SSSR count). The average Bonchev–Trinajstić information content (AvgIpc) is 2.10. The van der Waals surface area contributed by atoms with Gasteiger partial charge in [-0.05, 0) is 25.5 Å². The molecule has 0 bridgehead atoms. The van der Waals surface area contributed by atoms with Gasteiger partial charge in [-0.15, -0.1) is 0 Å². The Kier molecular flexibility index (Phi) is 3.28. The van der Waals surface area contributed by atoms with Crippen molar-refractivity contribution in [2.45, 2.75) is 19.4 Å². The van der Waals surface area contributed by atoms with Crippen molar-refractivity contribution >= 4 is 0 Å². The van der Waals surface area contributed by atoms with Gasteiger partial charge in [0.05, 0.1) is 0 Å². The minimum absolute atomic E-state index is 0.162. The van der Waals surface area contributed by atoms with Crippen LogP contribution in [0.5, 0.6) is 5.75 Å². The van der Waals surface area contributed by atoms with E-state index in [2.05, 4.69) is 0 Å². The highest BCUT2D eigenvalue weighted by Crippen LogP contribution is 2.27.